The van der Waals surface area contributed by atoms with Crippen molar-refractivity contribution in [3.8, 4) is 0 Å². The molecule has 0 spiro atoms. The highest BCUT2D eigenvalue weighted by molar-refractivity contribution is 8.07. The molecule has 0 aromatic rings. The molecule has 14 heteroatoms. The molecule has 26 heavy (non-hydrogen) atoms. The van der Waals surface area contributed by atoms with Crippen LogP contribution in [0.3, 0.4) is 0 Å². The molecule has 0 aromatic carbocycles. The molecule has 0 aromatic heterocycles. The highest BCUT2D eigenvalue weighted by Crippen LogP contribution is 2.33. The SMILES string of the molecule is CN/C(OC(F)F)=C(\C(=N)C(F)(F)F)C(F)S(=O)(=O)C1=NOC(C)(C)C1. The monoisotopic (exact) mass is 411 g/mol. The van der Waals surface area contributed by atoms with Gasteiger partial charge in [-0.2, -0.15) is 22.0 Å². The second kappa shape index (κ2) is 7.32. The number of hydrogen-bond acceptors (Lipinski definition) is 7. The predicted octanol–water partition coefficient (Wildman–Crippen LogP) is 2.46. The first-order valence-corrected chi connectivity index (χ1v) is 8.34. The molecule has 150 valence electrons. The Morgan fingerprint density at radius 3 is 2.23 bits per heavy atom. The van der Waals surface area contributed by atoms with E-state index in [1.54, 1.807) is 5.32 Å². The smallest absolute Gasteiger partial charge is 0.419 e. The van der Waals surface area contributed by atoms with Crippen LogP contribution in [-0.4, -0.2) is 50.1 Å². The van der Waals surface area contributed by atoms with Gasteiger partial charge in [0, 0.05) is 13.5 Å². The molecule has 1 rings (SSSR count). The topological polar surface area (TPSA) is 101 Å². The van der Waals surface area contributed by atoms with Gasteiger partial charge in [0.25, 0.3) is 0 Å². The fourth-order valence-electron chi connectivity index (χ4n) is 1.86. The second-order valence-electron chi connectivity index (χ2n) is 5.62. The minimum atomic E-state index is -5.53. The zero-order chi connectivity index (χ0) is 20.5. The summed E-state index contributed by atoms with van der Waals surface area (Å²) in [6.07, 6.45) is -6.00. The van der Waals surface area contributed by atoms with E-state index in [-0.39, 0.29) is 0 Å². The van der Waals surface area contributed by atoms with Crippen molar-refractivity contribution in [2.75, 3.05) is 7.05 Å². The van der Waals surface area contributed by atoms with Crippen molar-refractivity contribution in [1.82, 2.24) is 5.32 Å². The Balaban J connectivity index is 3.47. The highest BCUT2D eigenvalue weighted by Gasteiger charge is 2.49. The Labute approximate surface area is 144 Å². The van der Waals surface area contributed by atoms with E-state index in [1.165, 1.54) is 13.8 Å². The quantitative estimate of drug-likeness (QED) is 0.397. The summed E-state index contributed by atoms with van der Waals surface area (Å²) in [5.74, 6) is -1.54. The van der Waals surface area contributed by atoms with Gasteiger partial charge in [0.1, 0.15) is 11.3 Å². The Morgan fingerprint density at radius 2 is 1.88 bits per heavy atom. The molecule has 0 saturated carbocycles. The van der Waals surface area contributed by atoms with E-state index in [4.69, 9.17) is 10.2 Å². The van der Waals surface area contributed by atoms with Crippen LogP contribution in [-0.2, 0) is 19.4 Å². The molecule has 7 nitrogen and oxygen atoms in total. The number of nitrogens with zero attached hydrogens (tertiary/aromatic N) is 1. The minimum absolute atomic E-state index is 0.465. The standard InChI is InChI=1S/C12H15F6N3O4S/c1-11(2)4-5(21-25-11)26(22,23)8(13)6(7(19)12(16,17)18)9(20-3)24-10(14)15/h8,10,19-20H,4H2,1-3H3/b9-6-,19-7?. The maximum absolute atomic E-state index is 14.6. The molecule has 1 aliphatic rings. The number of alkyl halides is 6. The molecule has 2 N–H and O–H groups in total. The maximum Gasteiger partial charge on any atom is 0.433 e. The summed E-state index contributed by atoms with van der Waals surface area (Å²) in [5.41, 5.74) is -9.16. The van der Waals surface area contributed by atoms with Crippen molar-refractivity contribution in [2.45, 2.75) is 44.2 Å². The van der Waals surface area contributed by atoms with E-state index < -0.39 is 62.4 Å². The summed E-state index contributed by atoms with van der Waals surface area (Å²) in [5, 5.41) is 10.9. The summed E-state index contributed by atoms with van der Waals surface area (Å²) in [6.45, 7) is -0.922. The Bertz CT molecular complexity index is 730. The van der Waals surface area contributed by atoms with Crippen molar-refractivity contribution in [2.24, 2.45) is 5.16 Å². The van der Waals surface area contributed by atoms with E-state index in [9.17, 15) is 34.8 Å². The third-order valence-electron chi connectivity index (χ3n) is 3.03. The molecule has 1 unspecified atom stereocenters. The van der Waals surface area contributed by atoms with Crippen molar-refractivity contribution in [3.63, 3.8) is 0 Å². The predicted molar refractivity (Wildman–Crippen MR) is 78.0 cm³/mol. The first-order chi connectivity index (χ1) is 11.6. The van der Waals surface area contributed by atoms with Gasteiger partial charge >= 0.3 is 12.8 Å². The first kappa shape index (κ1) is 22.1. The average Bonchev–Trinajstić information content (AvgIpc) is 2.85. The fraction of sp³-hybridized carbons (Fsp3) is 0.667. The molecule has 0 bridgehead atoms. The normalized spacial score (nSPS) is 19.4. The summed E-state index contributed by atoms with van der Waals surface area (Å²) >= 11 is 0. The molecular formula is C12H15F6N3O4S. The Morgan fingerprint density at radius 1 is 1.35 bits per heavy atom. The number of hydrogen-bond donors (Lipinski definition) is 2. The third-order valence-corrected chi connectivity index (χ3v) is 4.69. The van der Waals surface area contributed by atoms with E-state index in [2.05, 4.69) is 9.89 Å². The van der Waals surface area contributed by atoms with Crippen LogP contribution in [0.25, 0.3) is 0 Å². The van der Waals surface area contributed by atoms with Crippen molar-refractivity contribution < 1.29 is 44.3 Å². The van der Waals surface area contributed by atoms with Gasteiger partial charge in [0.2, 0.25) is 21.2 Å². The van der Waals surface area contributed by atoms with E-state index in [0.29, 0.717) is 0 Å². The van der Waals surface area contributed by atoms with Crippen LogP contribution in [0.2, 0.25) is 0 Å². The molecule has 0 aliphatic carbocycles. The highest BCUT2D eigenvalue weighted by atomic mass is 32.2. The van der Waals surface area contributed by atoms with Gasteiger partial charge in [0.05, 0.1) is 5.57 Å². The number of halogens is 6. The van der Waals surface area contributed by atoms with Crippen LogP contribution in [0.15, 0.2) is 16.6 Å². The molecule has 1 aliphatic heterocycles. The maximum atomic E-state index is 14.6. The number of nitrogens with one attached hydrogen (secondary N) is 2. The molecule has 0 amide bonds. The molecule has 1 atom stereocenters. The van der Waals surface area contributed by atoms with Crippen molar-refractivity contribution in [1.29, 1.82) is 5.41 Å². The van der Waals surface area contributed by atoms with Crippen LogP contribution < -0.4 is 5.32 Å². The van der Waals surface area contributed by atoms with Gasteiger partial charge < -0.3 is 14.9 Å². The molecule has 0 radical (unpaired) electrons. The molecule has 0 saturated heterocycles. The third kappa shape index (κ3) is 4.80. The number of ether oxygens (including phenoxy) is 1. The zero-order valence-electron chi connectivity index (χ0n) is 13.6. The minimum Gasteiger partial charge on any atom is -0.419 e. The van der Waals surface area contributed by atoms with Crippen LogP contribution in [0.5, 0.6) is 0 Å². The van der Waals surface area contributed by atoms with Gasteiger partial charge in [-0.25, -0.2) is 12.8 Å². The van der Waals surface area contributed by atoms with E-state index in [1.807, 2.05) is 0 Å². The van der Waals surface area contributed by atoms with Gasteiger partial charge in [-0.3, -0.25) is 5.41 Å². The Kier molecular flexibility index (Phi) is 6.21. The largest absolute Gasteiger partial charge is 0.433 e. The van der Waals surface area contributed by atoms with Crippen LogP contribution >= 0.6 is 0 Å². The van der Waals surface area contributed by atoms with Crippen LogP contribution in [0.1, 0.15) is 20.3 Å². The van der Waals surface area contributed by atoms with Gasteiger partial charge in [0.15, 0.2) is 5.04 Å². The lowest BCUT2D eigenvalue weighted by molar-refractivity contribution is -0.103. The second-order valence-corrected chi connectivity index (χ2v) is 7.59. The number of oxime groups is 1. The van der Waals surface area contributed by atoms with E-state index in [0.717, 1.165) is 7.05 Å². The first-order valence-electron chi connectivity index (χ1n) is 6.79. The fourth-order valence-corrected chi connectivity index (χ4v) is 3.32. The molecule has 1 heterocycles. The van der Waals surface area contributed by atoms with Crippen molar-refractivity contribution >= 4 is 20.6 Å². The zero-order valence-corrected chi connectivity index (χ0v) is 14.4. The summed E-state index contributed by atoms with van der Waals surface area (Å²) in [7, 11) is -4.42. The lowest BCUT2D eigenvalue weighted by atomic mass is 10.1. The van der Waals surface area contributed by atoms with Gasteiger partial charge in [-0.1, -0.05) is 5.16 Å². The van der Waals surface area contributed by atoms with E-state index >= 15 is 0 Å². The van der Waals surface area contributed by atoms with Crippen molar-refractivity contribution in [3.05, 3.63) is 11.5 Å². The van der Waals surface area contributed by atoms with Crippen LogP contribution in [0.4, 0.5) is 26.3 Å². The molecular weight excluding hydrogens is 396 g/mol. The lowest BCUT2D eigenvalue weighted by Gasteiger charge is -2.20. The summed E-state index contributed by atoms with van der Waals surface area (Å²) in [4.78, 5) is 4.73. The van der Waals surface area contributed by atoms with Gasteiger partial charge in [-0.05, 0) is 13.8 Å². The average molecular weight is 411 g/mol. The molecule has 0 fully saturated rings. The number of sulfone groups is 1. The summed E-state index contributed by atoms with van der Waals surface area (Å²) in [6, 6.07) is 0. The van der Waals surface area contributed by atoms with Crippen LogP contribution in [0, 0.1) is 5.41 Å². The summed E-state index contributed by atoms with van der Waals surface area (Å²) < 4.78 is 106. The lowest BCUT2D eigenvalue weighted by Crippen LogP contribution is -2.38. The number of rotatable bonds is 6. The Hall–Kier alpha value is -1.99. The van der Waals surface area contributed by atoms with Gasteiger partial charge in [-0.15, -0.1) is 0 Å².